The second kappa shape index (κ2) is 4.22. The van der Waals surface area contributed by atoms with Crippen LogP contribution in [0.4, 0.5) is 9.59 Å². The van der Waals surface area contributed by atoms with Crippen LogP contribution >= 0.6 is 0 Å². The van der Waals surface area contributed by atoms with E-state index < -0.39 is 46.2 Å². The Kier molecular flexibility index (Phi) is 2.83. The van der Waals surface area contributed by atoms with E-state index in [0.29, 0.717) is 0 Å². The molecule has 0 bridgehead atoms. The number of carbonyl (C=O) groups is 2. The molecule has 0 aliphatic carbocycles. The first-order chi connectivity index (χ1) is 9.29. The van der Waals surface area contributed by atoms with Gasteiger partial charge in [-0.05, 0) is 0 Å². The molecular formula is C10H12O9S. The van der Waals surface area contributed by atoms with Gasteiger partial charge in [-0.3, -0.25) is 4.18 Å². The van der Waals surface area contributed by atoms with Crippen molar-refractivity contribution in [3.63, 3.8) is 0 Å². The van der Waals surface area contributed by atoms with Gasteiger partial charge in [0.05, 0.1) is 12.4 Å². The van der Waals surface area contributed by atoms with Gasteiger partial charge in [0.25, 0.3) is 10.1 Å². The molecule has 9 nitrogen and oxygen atoms in total. The fraction of sp³-hybridized carbons (Fsp3) is 0.800. The Balaban J connectivity index is 1.83. The largest absolute Gasteiger partial charge is 0.509 e. The van der Waals surface area contributed by atoms with Gasteiger partial charge in [-0.2, -0.15) is 8.42 Å². The van der Waals surface area contributed by atoms with Crippen LogP contribution in [-0.4, -0.2) is 58.0 Å². The highest BCUT2D eigenvalue weighted by Gasteiger charge is 2.58. The first kappa shape index (κ1) is 13.4. The first-order valence-corrected chi connectivity index (χ1v) is 7.45. The molecule has 3 saturated heterocycles. The normalized spacial score (nSPS) is 42.8. The van der Waals surface area contributed by atoms with Gasteiger partial charge in [0.2, 0.25) is 0 Å². The lowest BCUT2D eigenvalue weighted by atomic mass is 9.83. The number of rotatable bonds is 2. The Morgan fingerprint density at radius 2 is 1.90 bits per heavy atom. The molecule has 4 unspecified atom stereocenters. The zero-order valence-electron chi connectivity index (χ0n) is 10.4. The lowest BCUT2D eigenvalue weighted by molar-refractivity contribution is -0.0200. The van der Waals surface area contributed by atoms with E-state index in [0.717, 1.165) is 0 Å². The minimum Gasteiger partial charge on any atom is -0.430 e. The number of carbonyl (C=O) groups excluding carboxylic acids is 2. The summed E-state index contributed by atoms with van der Waals surface area (Å²) < 4.78 is 47.2. The van der Waals surface area contributed by atoms with Crippen LogP contribution in [0.3, 0.4) is 0 Å². The zero-order valence-corrected chi connectivity index (χ0v) is 11.3. The summed E-state index contributed by atoms with van der Waals surface area (Å²) in [4.78, 5) is 22.3. The number of cyclic esters (lactones) is 4. The van der Waals surface area contributed by atoms with Crippen LogP contribution in [0.1, 0.15) is 6.92 Å². The van der Waals surface area contributed by atoms with Gasteiger partial charge in [-0.25, -0.2) is 9.59 Å². The maximum Gasteiger partial charge on any atom is 0.509 e. The van der Waals surface area contributed by atoms with Crippen LogP contribution < -0.4 is 0 Å². The van der Waals surface area contributed by atoms with Gasteiger partial charge in [-0.1, -0.05) is 6.92 Å². The van der Waals surface area contributed by atoms with Crippen molar-refractivity contribution in [1.82, 2.24) is 0 Å². The average molecular weight is 308 g/mol. The summed E-state index contributed by atoms with van der Waals surface area (Å²) in [5.74, 6) is -0.306. The van der Waals surface area contributed by atoms with Crippen molar-refractivity contribution in [1.29, 1.82) is 0 Å². The van der Waals surface area contributed by atoms with E-state index in [4.69, 9.17) is 18.4 Å². The van der Waals surface area contributed by atoms with Crippen LogP contribution in [0.25, 0.3) is 0 Å². The fourth-order valence-corrected chi connectivity index (χ4v) is 4.15. The van der Waals surface area contributed by atoms with Gasteiger partial charge < -0.3 is 18.9 Å². The Morgan fingerprint density at radius 3 is 2.45 bits per heavy atom. The van der Waals surface area contributed by atoms with E-state index >= 15 is 0 Å². The Morgan fingerprint density at radius 1 is 1.15 bits per heavy atom. The van der Waals surface area contributed by atoms with Gasteiger partial charge in [0.15, 0.2) is 18.3 Å². The molecule has 0 N–H and O–H groups in total. The van der Waals surface area contributed by atoms with E-state index in [1.165, 1.54) is 0 Å². The van der Waals surface area contributed by atoms with Crippen molar-refractivity contribution in [2.45, 2.75) is 25.2 Å². The third-order valence-electron chi connectivity index (χ3n) is 3.49. The molecule has 4 atom stereocenters. The van der Waals surface area contributed by atoms with E-state index in [1.807, 2.05) is 0 Å². The monoisotopic (exact) mass is 308 g/mol. The van der Waals surface area contributed by atoms with Crippen LogP contribution in [0.15, 0.2) is 0 Å². The molecule has 0 aromatic heterocycles. The summed E-state index contributed by atoms with van der Waals surface area (Å²) in [6, 6.07) is 0. The van der Waals surface area contributed by atoms with E-state index in [1.54, 1.807) is 6.92 Å². The lowest BCUT2D eigenvalue weighted by Crippen LogP contribution is -2.48. The van der Waals surface area contributed by atoms with Crippen LogP contribution in [0.2, 0.25) is 0 Å². The average Bonchev–Trinajstić information content (AvgIpc) is 2.98. The summed E-state index contributed by atoms with van der Waals surface area (Å²) >= 11 is 0. The summed E-state index contributed by atoms with van der Waals surface area (Å²) in [6.07, 6.45) is -4.44. The smallest absolute Gasteiger partial charge is 0.430 e. The van der Waals surface area contributed by atoms with Gasteiger partial charge in [0, 0.05) is 5.41 Å². The molecule has 0 saturated carbocycles. The minimum absolute atomic E-state index is 0.0830. The number of hydrogen-bond acceptors (Lipinski definition) is 9. The molecule has 0 aromatic rings. The van der Waals surface area contributed by atoms with E-state index in [2.05, 4.69) is 4.74 Å². The van der Waals surface area contributed by atoms with Gasteiger partial charge in [-0.15, -0.1) is 0 Å². The molecule has 3 aliphatic heterocycles. The van der Waals surface area contributed by atoms with Crippen LogP contribution in [0, 0.1) is 5.41 Å². The summed E-state index contributed by atoms with van der Waals surface area (Å²) in [7, 11) is -3.65. The molecule has 112 valence electrons. The molecule has 3 rings (SSSR count). The third kappa shape index (κ3) is 2.18. The topological polar surface area (TPSA) is 114 Å². The molecular weight excluding hydrogens is 296 g/mol. The fourth-order valence-electron chi connectivity index (χ4n) is 2.56. The number of ether oxygens (including phenoxy) is 4. The zero-order chi connectivity index (χ0) is 14.5. The maximum atomic E-state index is 11.5. The predicted octanol–water partition coefficient (Wildman–Crippen LogP) is -0.208. The summed E-state index contributed by atoms with van der Waals surface area (Å²) in [6.45, 7) is 1.39. The predicted molar refractivity (Wildman–Crippen MR) is 59.2 cm³/mol. The molecule has 0 aromatic carbocycles. The highest BCUT2D eigenvalue weighted by atomic mass is 32.2. The van der Waals surface area contributed by atoms with Crippen LogP contribution in [0.5, 0.6) is 0 Å². The molecule has 3 fully saturated rings. The van der Waals surface area contributed by atoms with Gasteiger partial charge >= 0.3 is 12.3 Å². The SMILES string of the molecule is CC1(C2OC(=O)OC2C2COC(=O)O2)COS(=O)(=O)C1. The van der Waals surface area contributed by atoms with E-state index in [9.17, 15) is 18.0 Å². The third-order valence-corrected chi connectivity index (χ3v) is 4.98. The maximum absolute atomic E-state index is 11.5. The molecule has 0 spiro atoms. The highest BCUT2D eigenvalue weighted by molar-refractivity contribution is 7.87. The number of hydrogen-bond donors (Lipinski definition) is 0. The van der Waals surface area contributed by atoms with Crippen LogP contribution in [-0.2, 0) is 33.2 Å². The lowest BCUT2D eigenvalue weighted by Gasteiger charge is -2.29. The molecule has 3 aliphatic rings. The van der Waals surface area contributed by atoms with Crippen molar-refractivity contribution in [2.75, 3.05) is 19.0 Å². The Hall–Kier alpha value is -1.55. The van der Waals surface area contributed by atoms with E-state index in [-0.39, 0.29) is 19.0 Å². The Bertz CT molecular complexity index is 555. The molecule has 20 heavy (non-hydrogen) atoms. The minimum atomic E-state index is -3.65. The van der Waals surface area contributed by atoms with Crippen molar-refractivity contribution < 1.29 is 41.1 Å². The van der Waals surface area contributed by atoms with Gasteiger partial charge in [0.1, 0.15) is 6.61 Å². The van der Waals surface area contributed by atoms with Crippen molar-refractivity contribution >= 4 is 22.4 Å². The second-order valence-corrected chi connectivity index (χ2v) is 6.85. The molecule has 3 heterocycles. The molecule has 0 amide bonds. The second-order valence-electron chi connectivity index (χ2n) is 5.21. The van der Waals surface area contributed by atoms with Crippen molar-refractivity contribution in [2.24, 2.45) is 5.41 Å². The first-order valence-electron chi connectivity index (χ1n) is 5.87. The molecule has 0 radical (unpaired) electrons. The van der Waals surface area contributed by atoms with Crippen molar-refractivity contribution in [3.8, 4) is 0 Å². The quantitative estimate of drug-likeness (QED) is 0.505. The Labute approximate surface area is 114 Å². The summed E-state index contributed by atoms with van der Waals surface area (Å²) in [5, 5.41) is 0. The highest BCUT2D eigenvalue weighted by Crippen LogP contribution is 2.40. The molecule has 10 heteroatoms. The standard InChI is InChI=1S/C10H12O9S/c1-10(3-16-20(13,14)4-10)7-6(18-9(12)19-7)5-2-15-8(11)17-5/h5-7H,2-4H2,1H3. The van der Waals surface area contributed by atoms with Crippen molar-refractivity contribution in [3.05, 3.63) is 0 Å². The summed E-state index contributed by atoms with van der Waals surface area (Å²) in [5.41, 5.74) is -0.968.